The van der Waals surface area contributed by atoms with Gasteiger partial charge in [-0.1, -0.05) is 45.0 Å². The van der Waals surface area contributed by atoms with Crippen molar-refractivity contribution in [1.29, 1.82) is 0 Å². The van der Waals surface area contributed by atoms with Crippen LogP contribution in [-0.2, 0) is 25.6 Å². The molecule has 4 amide bonds. The van der Waals surface area contributed by atoms with Crippen LogP contribution in [0.3, 0.4) is 0 Å². The lowest BCUT2D eigenvalue weighted by molar-refractivity contribution is -0.135. The zero-order chi connectivity index (χ0) is 41.1. The fourth-order valence-corrected chi connectivity index (χ4v) is 7.54. The molecule has 1 aliphatic heterocycles. The molecule has 0 spiro atoms. The van der Waals surface area contributed by atoms with E-state index in [1.807, 2.05) is 57.2 Å². The molecule has 7 rings (SSSR count). The quantitative estimate of drug-likeness (QED) is 0.0838. The Morgan fingerprint density at radius 1 is 0.931 bits per heavy atom. The number of aromatic amines is 2. The van der Waals surface area contributed by atoms with E-state index in [0.717, 1.165) is 46.9 Å². The van der Waals surface area contributed by atoms with Crippen LogP contribution < -0.4 is 16.1 Å². The molecule has 0 unspecified atom stereocenters. The van der Waals surface area contributed by atoms with E-state index in [-0.39, 0.29) is 42.3 Å². The molecule has 0 aliphatic carbocycles. The Morgan fingerprint density at radius 3 is 2.40 bits per heavy atom. The third-order valence-electron chi connectivity index (χ3n) is 10.5. The second-order valence-electron chi connectivity index (χ2n) is 14.7. The van der Waals surface area contributed by atoms with Crippen LogP contribution in [0.5, 0.6) is 0 Å². The van der Waals surface area contributed by atoms with Crippen molar-refractivity contribution in [1.82, 2.24) is 40.4 Å². The highest BCUT2D eigenvalue weighted by Gasteiger charge is 2.32. The second kappa shape index (κ2) is 16.8. The molecule has 58 heavy (non-hydrogen) atoms. The number of imidazole rings is 2. The number of ether oxygens (including phenoxy) is 2. The van der Waals surface area contributed by atoms with Gasteiger partial charge in [-0.05, 0) is 60.2 Å². The molecule has 302 valence electrons. The van der Waals surface area contributed by atoms with Gasteiger partial charge in [0.15, 0.2) is 0 Å². The lowest BCUT2D eigenvalue weighted by Crippen LogP contribution is -2.51. The van der Waals surface area contributed by atoms with E-state index >= 15 is 0 Å². The molecule has 0 radical (unpaired) electrons. The molecule has 3 aromatic heterocycles. The number of H-pyrrole nitrogens is 2. The molecule has 4 heterocycles. The van der Waals surface area contributed by atoms with E-state index < -0.39 is 18.2 Å². The Bertz CT molecular complexity index is 2580. The van der Waals surface area contributed by atoms with Crippen molar-refractivity contribution in [3.8, 4) is 22.5 Å². The van der Waals surface area contributed by atoms with Crippen LogP contribution >= 0.6 is 0 Å². The van der Waals surface area contributed by atoms with Gasteiger partial charge >= 0.3 is 12.2 Å². The maximum Gasteiger partial charge on any atom is 0.407 e. The van der Waals surface area contributed by atoms with Gasteiger partial charge in [-0.25, -0.2) is 19.6 Å². The lowest BCUT2D eigenvalue weighted by atomic mass is 10.0. The zero-order valence-electron chi connectivity index (χ0n) is 33.0. The summed E-state index contributed by atoms with van der Waals surface area (Å²) >= 11 is 0. The SMILES string of the molecule is CCCN(Cc1ncc(-c2ccc3c(ccc4oc5cc(-c6cnc([C@@H]7CCCN7C(=O)CNC(=O)OC)[nH]6)ccc5c(=O)c43)c2)[nH]1)C(=O)[C@@H](NC(=O)OC)C(C)C. The van der Waals surface area contributed by atoms with Crippen molar-refractivity contribution in [2.24, 2.45) is 5.92 Å². The van der Waals surface area contributed by atoms with E-state index in [1.54, 1.807) is 34.3 Å². The summed E-state index contributed by atoms with van der Waals surface area (Å²) in [6.45, 7) is 6.81. The van der Waals surface area contributed by atoms with Crippen LogP contribution in [0.1, 0.15) is 57.7 Å². The van der Waals surface area contributed by atoms with Crippen molar-refractivity contribution < 1.29 is 33.1 Å². The monoisotopic (exact) mass is 790 g/mol. The molecule has 1 saturated heterocycles. The summed E-state index contributed by atoms with van der Waals surface area (Å²) in [5.74, 6) is 0.631. The maximum absolute atomic E-state index is 14.0. The average molecular weight is 791 g/mol. The number of likely N-dealkylation sites (tertiary alicyclic amines) is 1. The maximum atomic E-state index is 14.0. The minimum Gasteiger partial charge on any atom is -0.456 e. The molecule has 6 aromatic rings. The fraction of sp³-hybridized carbons (Fsp3) is 0.357. The minimum atomic E-state index is -0.747. The first-order valence-electron chi connectivity index (χ1n) is 19.3. The van der Waals surface area contributed by atoms with Crippen LogP contribution in [0.4, 0.5) is 9.59 Å². The van der Waals surface area contributed by atoms with E-state index in [4.69, 9.17) is 9.15 Å². The van der Waals surface area contributed by atoms with E-state index in [9.17, 15) is 24.0 Å². The molecule has 16 heteroatoms. The zero-order valence-corrected chi connectivity index (χ0v) is 33.0. The van der Waals surface area contributed by atoms with Gasteiger partial charge in [0.25, 0.3) is 0 Å². The molecule has 4 N–H and O–H groups in total. The normalized spacial score (nSPS) is 14.6. The number of methoxy groups -OCH3 is 2. The van der Waals surface area contributed by atoms with Crippen LogP contribution in [0.15, 0.2) is 70.1 Å². The number of carbonyl (C=O) groups excluding carboxylic acids is 4. The fourth-order valence-electron chi connectivity index (χ4n) is 7.54. The molecule has 1 aliphatic rings. The third-order valence-corrected chi connectivity index (χ3v) is 10.5. The first kappa shape index (κ1) is 39.5. The van der Waals surface area contributed by atoms with Gasteiger partial charge < -0.3 is 44.3 Å². The van der Waals surface area contributed by atoms with Gasteiger partial charge in [0.1, 0.15) is 35.4 Å². The van der Waals surface area contributed by atoms with Crippen LogP contribution in [0, 0.1) is 5.92 Å². The highest BCUT2D eigenvalue weighted by molar-refractivity contribution is 6.09. The van der Waals surface area contributed by atoms with Gasteiger partial charge in [-0.3, -0.25) is 14.4 Å². The molecule has 1 fully saturated rings. The number of rotatable bonds is 12. The molecular weight excluding hydrogens is 745 g/mol. The number of nitrogens with one attached hydrogen (secondary N) is 4. The predicted molar refractivity (Wildman–Crippen MR) is 217 cm³/mol. The number of fused-ring (bicyclic) bond motifs is 4. The summed E-state index contributed by atoms with van der Waals surface area (Å²) in [6.07, 6.45) is 4.34. The summed E-state index contributed by atoms with van der Waals surface area (Å²) in [5.41, 5.74) is 3.79. The number of alkyl carbamates (subject to hydrolysis) is 2. The van der Waals surface area contributed by atoms with Crippen LogP contribution in [0.2, 0.25) is 0 Å². The van der Waals surface area contributed by atoms with Gasteiger partial charge in [0.2, 0.25) is 17.2 Å². The molecule has 2 atom stereocenters. The van der Waals surface area contributed by atoms with Crippen molar-refractivity contribution in [3.05, 3.63) is 82.8 Å². The van der Waals surface area contributed by atoms with Crippen LogP contribution in [-0.4, -0.2) is 93.6 Å². The largest absolute Gasteiger partial charge is 0.456 e. The molecule has 16 nitrogen and oxygen atoms in total. The number of carbonyl (C=O) groups is 4. The number of nitrogens with zero attached hydrogens (tertiary/aromatic N) is 4. The minimum absolute atomic E-state index is 0.152. The Morgan fingerprint density at radius 2 is 1.66 bits per heavy atom. The highest BCUT2D eigenvalue weighted by atomic mass is 16.5. The second-order valence-corrected chi connectivity index (χ2v) is 14.7. The average Bonchev–Trinajstić information content (AvgIpc) is 4.03. The van der Waals surface area contributed by atoms with Crippen molar-refractivity contribution in [2.75, 3.05) is 33.9 Å². The molecule has 0 bridgehead atoms. The molecule has 3 aromatic carbocycles. The molecular formula is C42H46N8O8. The third kappa shape index (κ3) is 7.94. The first-order valence-corrected chi connectivity index (χ1v) is 19.3. The Kier molecular flexibility index (Phi) is 11.4. The van der Waals surface area contributed by atoms with Crippen molar-refractivity contribution >= 4 is 56.7 Å². The van der Waals surface area contributed by atoms with Crippen molar-refractivity contribution in [2.45, 2.75) is 58.7 Å². The van der Waals surface area contributed by atoms with Crippen LogP contribution in [0.25, 0.3) is 55.2 Å². The Hall–Kier alpha value is -6.71. The number of aromatic nitrogens is 4. The highest BCUT2D eigenvalue weighted by Crippen LogP contribution is 2.34. The van der Waals surface area contributed by atoms with Gasteiger partial charge in [0, 0.05) is 24.2 Å². The summed E-state index contributed by atoms with van der Waals surface area (Å²) in [6, 6.07) is 13.9. The number of benzene rings is 3. The summed E-state index contributed by atoms with van der Waals surface area (Å²) in [5, 5.41) is 7.59. The smallest absolute Gasteiger partial charge is 0.407 e. The van der Waals surface area contributed by atoms with Gasteiger partial charge in [-0.15, -0.1) is 0 Å². The Balaban J connectivity index is 1.11. The topological polar surface area (TPSA) is 205 Å². The Labute approximate surface area is 333 Å². The summed E-state index contributed by atoms with van der Waals surface area (Å²) in [7, 11) is 2.51. The van der Waals surface area contributed by atoms with E-state index in [1.165, 1.54) is 14.2 Å². The summed E-state index contributed by atoms with van der Waals surface area (Å²) < 4.78 is 15.7. The number of hydrogen-bond acceptors (Lipinski definition) is 10. The predicted octanol–water partition coefficient (Wildman–Crippen LogP) is 6.02. The van der Waals surface area contributed by atoms with Gasteiger partial charge in [-0.2, -0.15) is 0 Å². The lowest BCUT2D eigenvalue weighted by Gasteiger charge is -2.28. The molecule has 0 saturated carbocycles. The number of hydrogen-bond donors (Lipinski definition) is 4. The van der Waals surface area contributed by atoms with E-state index in [0.29, 0.717) is 52.4 Å². The van der Waals surface area contributed by atoms with E-state index in [2.05, 4.69) is 35.3 Å². The summed E-state index contributed by atoms with van der Waals surface area (Å²) in [4.78, 5) is 83.1. The first-order chi connectivity index (χ1) is 28.0. The number of amides is 4. The van der Waals surface area contributed by atoms with Crippen molar-refractivity contribution in [3.63, 3.8) is 0 Å². The van der Waals surface area contributed by atoms with Gasteiger partial charge in [0.05, 0.1) is 61.4 Å². The standard InChI is InChI=1S/C42H46N8O8/c1-6-15-49(40(53)37(23(2)3)48-42(55)57-5)22-34-43-19-29(46-34)25-9-12-27-24(17-25)11-14-32-36(27)38(52)28-13-10-26(18-33(28)58-32)30-20-44-39(47-30)31-8-7-16-50(31)35(51)21-45-41(54)56-4/h9-14,17-20,23,31,37H,6-8,15-16,21-22H2,1-5H3,(H,43,46)(H,44,47)(H,45,54)(H,48,55)/t31-,37-/m0/s1.